The first-order valence-corrected chi connectivity index (χ1v) is 4.90. The topological polar surface area (TPSA) is 12.0 Å². The van der Waals surface area contributed by atoms with Gasteiger partial charge in [-0.15, -0.1) is 6.58 Å². The van der Waals surface area contributed by atoms with E-state index in [9.17, 15) is 0 Å². The summed E-state index contributed by atoms with van der Waals surface area (Å²) in [6, 6.07) is 10.7. The average molecular weight is 187 g/mol. The molecule has 0 aliphatic heterocycles. The molecule has 0 unspecified atom stereocenters. The number of hydrogen-bond donors (Lipinski definition) is 1. The molecule has 0 aromatic heterocycles. The van der Waals surface area contributed by atoms with Crippen molar-refractivity contribution in [1.82, 2.24) is 5.32 Å². The van der Waals surface area contributed by atoms with Crippen molar-refractivity contribution in [3.05, 3.63) is 54.6 Å². The van der Waals surface area contributed by atoms with E-state index >= 15 is 0 Å². The third-order valence-electron chi connectivity index (χ3n) is 1.96. The van der Waals surface area contributed by atoms with E-state index in [-0.39, 0.29) is 0 Å². The summed E-state index contributed by atoms with van der Waals surface area (Å²) in [4.78, 5) is 0. The van der Waals surface area contributed by atoms with Gasteiger partial charge in [-0.05, 0) is 12.5 Å². The summed E-state index contributed by atoms with van der Waals surface area (Å²) in [5.74, 6) is 0. The Kier molecular flexibility index (Phi) is 4.73. The van der Waals surface area contributed by atoms with Crippen LogP contribution in [-0.2, 0) is 0 Å². The number of rotatable bonds is 5. The van der Waals surface area contributed by atoms with Crippen LogP contribution < -0.4 is 5.32 Å². The largest absolute Gasteiger partial charge is 0.307 e. The Labute approximate surface area is 86.2 Å². The van der Waals surface area contributed by atoms with Gasteiger partial charge >= 0.3 is 0 Å². The molecule has 0 amide bonds. The molecule has 0 fully saturated rings. The standard InChI is InChI=1S/C13H17N/c1-3-11-14-12(2)9-10-13-7-5-4-6-8-13/h3-10,12,14H,1,11H2,2H3/b10-9+/t12-/m0/s1. The van der Waals surface area contributed by atoms with E-state index in [1.807, 2.05) is 24.3 Å². The van der Waals surface area contributed by atoms with E-state index < -0.39 is 0 Å². The summed E-state index contributed by atoms with van der Waals surface area (Å²) in [7, 11) is 0. The molecule has 1 atom stereocenters. The van der Waals surface area contributed by atoms with Gasteiger partial charge in [-0.2, -0.15) is 0 Å². The number of benzene rings is 1. The summed E-state index contributed by atoms with van der Waals surface area (Å²) in [6.07, 6.45) is 6.15. The highest BCUT2D eigenvalue weighted by Gasteiger charge is 1.91. The van der Waals surface area contributed by atoms with Gasteiger partial charge < -0.3 is 5.32 Å². The Hall–Kier alpha value is -1.34. The minimum absolute atomic E-state index is 0.383. The lowest BCUT2D eigenvalue weighted by Gasteiger charge is -2.05. The second-order valence-electron chi connectivity index (χ2n) is 3.26. The molecule has 0 saturated carbocycles. The predicted molar refractivity (Wildman–Crippen MR) is 63.1 cm³/mol. The molecule has 1 rings (SSSR count). The van der Waals surface area contributed by atoms with Gasteiger partial charge in [-0.3, -0.25) is 0 Å². The van der Waals surface area contributed by atoms with Crippen molar-refractivity contribution in [2.45, 2.75) is 13.0 Å². The first-order valence-electron chi connectivity index (χ1n) is 4.90. The van der Waals surface area contributed by atoms with Gasteiger partial charge in [-0.1, -0.05) is 48.6 Å². The van der Waals surface area contributed by atoms with Crippen LogP contribution in [0.4, 0.5) is 0 Å². The Morgan fingerprint density at radius 3 is 2.71 bits per heavy atom. The van der Waals surface area contributed by atoms with Crippen molar-refractivity contribution in [1.29, 1.82) is 0 Å². The molecule has 0 radical (unpaired) electrons. The van der Waals surface area contributed by atoms with Crippen LogP contribution in [0.25, 0.3) is 6.08 Å². The fourth-order valence-corrected chi connectivity index (χ4v) is 1.16. The molecule has 1 heteroatoms. The SMILES string of the molecule is C=CCN[C@@H](C)/C=C/c1ccccc1. The van der Waals surface area contributed by atoms with Crippen LogP contribution in [0.3, 0.4) is 0 Å². The highest BCUT2D eigenvalue weighted by atomic mass is 14.9. The zero-order chi connectivity index (χ0) is 10.2. The van der Waals surface area contributed by atoms with E-state index in [1.165, 1.54) is 5.56 Å². The maximum atomic E-state index is 3.66. The van der Waals surface area contributed by atoms with Crippen LogP contribution in [0.2, 0.25) is 0 Å². The second-order valence-corrected chi connectivity index (χ2v) is 3.26. The molecule has 0 bridgehead atoms. The summed E-state index contributed by atoms with van der Waals surface area (Å²) in [5.41, 5.74) is 1.24. The first-order chi connectivity index (χ1) is 6.83. The molecular formula is C13H17N. The third kappa shape index (κ3) is 4.06. The van der Waals surface area contributed by atoms with Gasteiger partial charge in [0.25, 0.3) is 0 Å². The summed E-state index contributed by atoms with van der Waals surface area (Å²) in [5, 5.41) is 3.30. The van der Waals surface area contributed by atoms with Crippen molar-refractivity contribution >= 4 is 6.08 Å². The maximum absolute atomic E-state index is 3.66. The Bertz CT molecular complexity index is 287. The lowest BCUT2D eigenvalue weighted by molar-refractivity contribution is 0.688. The van der Waals surface area contributed by atoms with E-state index in [0.717, 1.165) is 6.54 Å². The van der Waals surface area contributed by atoms with Crippen molar-refractivity contribution in [2.24, 2.45) is 0 Å². The van der Waals surface area contributed by atoms with Gasteiger partial charge in [0.15, 0.2) is 0 Å². The van der Waals surface area contributed by atoms with E-state index in [1.54, 1.807) is 0 Å². The van der Waals surface area contributed by atoms with Crippen molar-refractivity contribution in [3.8, 4) is 0 Å². The molecule has 1 N–H and O–H groups in total. The monoisotopic (exact) mass is 187 g/mol. The lowest BCUT2D eigenvalue weighted by Crippen LogP contribution is -2.23. The highest BCUT2D eigenvalue weighted by Crippen LogP contribution is 2.01. The lowest BCUT2D eigenvalue weighted by atomic mass is 10.2. The van der Waals surface area contributed by atoms with Crippen LogP contribution in [-0.4, -0.2) is 12.6 Å². The Balaban J connectivity index is 2.43. The molecule has 14 heavy (non-hydrogen) atoms. The van der Waals surface area contributed by atoms with E-state index in [4.69, 9.17) is 0 Å². The van der Waals surface area contributed by atoms with Crippen LogP contribution in [0.1, 0.15) is 12.5 Å². The summed E-state index contributed by atoms with van der Waals surface area (Å²) in [6.45, 7) is 6.64. The molecule has 1 aromatic carbocycles. The van der Waals surface area contributed by atoms with E-state index in [2.05, 4.69) is 43.1 Å². The molecule has 0 aliphatic rings. The molecule has 74 valence electrons. The summed E-state index contributed by atoms with van der Waals surface area (Å²) < 4.78 is 0. The van der Waals surface area contributed by atoms with Crippen molar-refractivity contribution < 1.29 is 0 Å². The fraction of sp³-hybridized carbons (Fsp3) is 0.231. The maximum Gasteiger partial charge on any atom is 0.0227 e. The molecule has 0 saturated heterocycles. The average Bonchev–Trinajstić information content (AvgIpc) is 2.25. The smallest absolute Gasteiger partial charge is 0.0227 e. The quantitative estimate of drug-likeness (QED) is 0.699. The first kappa shape index (κ1) is 10.7. The van der Waals surface area contributed by atoms with Gasteiger partial charge in [0, 0.05) is 12.6 Å². The van der Waals surface area contributed by atoms with Crippen molar-refractivity contribution in [2.75, 3.05) is 6.54 Å². The number of nitrogens with one attached hydrogen (secondary N) is 1. The molecule has 0 spiro atoms. The van der Waals surface area contributed by atoms with Crippen LogP contribution in [0, 0.1) is 0 Å². The fourth-order valence-electron chi connectivity index (χ4n) is 1.16. The van der Waals surface area contributed by atoms with Crippen molar-refractivity contribution in [3.63, 3.8) is 0 Å². The zero-order valence-corrected chi connectivity index (χ0v) is 8.61. The van der Waals surface area contributed by atoms with Gasteiger partial charge in [0.05, 0.1) is 0 Å². The molecule has 0 aliphatic carbocycles. The molecule has 0 heterocycles. The third-order valence-corrected chi connectivity index (χ3v) is 1.96. The number of hydrogen-bond acceptors (Lipinski definition) is 1. The van der Waals surface area contributed by atoms with E-state index in [0.29, 0.717) is 6.04 Å². The van der Waals surface area contributed by atoms with Crippen LogP contribution in [0.5, 0.6) is 0 Å². The van der Waals surface area contributed by atoms with Crippen LogP contribution in [0.15, 0.2) is 49.1 Å². The molecule has 1 aromatic rings. The Morgan fingerprint density at radius 2 is 2.07 bits per heavy atom. The minimum atomic E-state index is 0.383. The van der Waals surface area contributed by atoms with Crippen LogP contribution >= 0.6 is 0 Å². The highest BCUT2D eigenvalue weighted by molar-refractivity contribution is 5.49. The molecular weight excluding hydrogens is 170 g/mol. The Morgan fingerprint density at radius 1 is 1.36 bits per heavy atom. The normalized spacial score (nSPS) is 12.9. The summed E-state index contributed by atoms with van der Waals surface area (Å²) >= 11 is 0. The van der Waals surface area contributed by atoms with Gasteiger partial charge in [-0.25, -0.2) is 0 Å². The van der Waals surface area contributed by atoms with Gasteiger partial charge in [0.1, 0.15) is 0 Å². The molecule has 1 nitrogen and oxygen atoms in total. The van der Waals surface area contributed by atoms with Gasteiger partial charge in [0.2, 0.25) is 0 Å². The minimum Gasteiger partial charge on any atom is -0.307 e. The second kappa shape index (κ2) is 6.17. The zero-order valence-electron chi connectivity index (χ0n) is 8.61. The predicted octanol–water partition coefficient (Wildman–Crippen LogP) is 2.86.